The van der Waals surface area contributed by atoms with E-state index in [-0.39, 0.29) is 28.2 Å². The average Bonchev–Trinajstić information content (AvgIpc) is 3.61. The highest BCUT2D eigenvalue weighted by atomic mass is 35.5. The van der Waals surface area contributed by atoms with Crippen LogP contribution in [0.4, 0.5) is 0 Å². The van der Waals surface area contributed by atoms with Crippen LogP contribution in [0.5, 0.6) is 11.5 Å². The smallest absolute Gasteiger partial charge is 0.244 e. The zero-order valence-electron chi connectivity index (χ0n) is 23.2. The van der Waals surface area contributed by atoms with Gasteiger partial charge in [-0.1, -0.05) is 29.8 Å². The lowest BCUT2D eigenvalue weighted by molar-refractivity contribution is -0.184. The molecule has 8 nitrogen and oxygen atoms in total. The molecular weight excluding hydrogens is 578 g/mol. The van der Waals surface area contributed by atoms with Crippen molar-refractivity contribution in [3.63, 3.8) is 0 Å². The molecule has 3 heterocycles. The van der Waals surface area contributed by atoms with Crippen molar-refractivity contribution in [3.05, 3.63) is 82.8 Å². The second-order valence-electron chi connectivity index (χ2n) is 11.8. The first kappa shape index (κ1) is 27.7. The highest BCUT2D eigenvalue weighted by Gasteiger charge is 2.73. The third kappa shape index (κ3) is 3.86. The molecule has 3 aromatic rings. The lowest BCUT2D eigenvalue weighted by Gasteiger charge is -2.63. The molecule has 1 saturated heterocycles. The van der Waals surface area contributed by atoms with Crippen LogP contribution in [0, 0.1) is 5.92 Å². The fraction of sp³-hybridized carbons (Fsp3) is 0.406. The summed E-state index contributed by atoms with van der Waals surface area (Å²) in [4.78, 5) is 12.8. The van der Waals surface area contributed by atoms with Gasteiger partial charge in [-0.25, -0.2) is 8.42 Å². The van der Waals surface area contributed by atoms with Crippen molar-refractivity contribution in [1.82, 2.24) is 4.31 Å². The van der Waals surface area contributed by atoms with E-state index in [4.69, 9.17) is 25.5 Å². The largest absolute Gasteiger partial charge is 0.493 e. The highest BCUT2D eigenvalue weighted by molar-refractivity contribution is 7.89. The quantitative estimate of drug-likeness (QED) is 0.352. The number of carbonyl (C=O) groups is 1. The van der Waals surface area contributed by atoms with Gasteiger partial charge in [0.15, 0.2) is 17.3 Å². The first-order valence-electron chi connectivity index (χ1n) is 14.3. The minimum atomic E-state index is -3.99. The van der Waals surface area contributed by atoms with Gasteiger partial charge in [-0.15, -0.1) is 0 Å². The fourth-order valence-electron chi connectivity index (χ4n) is 8.09. The zero-order valence-corrected chi connectivity index (χ0v) is 24.7. The van der Waals surface area contributed by atoms with E-state index in [1.807, 2.05) is 12.1 Å². The SMILES string of the molecule is COc1ccc2c3c1O[C@H]1[C@H](CCC(=O)/C=C/c4ccoc4)CC[C@@]4(O)[C@@H](C2)N(S(=O)(=O)c2ccccc2Cl)CC[C@]314. The molecule has 5 atom stereocenters. The number of allylic oxidation sites excluding steroid dienone is 1. The van der Waals surface area contributed by atoms with Gasteiger partial charge in [0, 0.05) is 24.1 Å². The molecule has 220 valence electrons. The van der Waals surface area contributed by atoms with Gasteiger partial charge in [-0.2, -0.15) is 4.31 Å². The van der Waals surface area contributed by atoms with Gasteiger partial charge in [0.05, 0.1) is 41.7 Å². The molecule has 10 heteroatoms. The first-order chi connectivity index (χ1) is 20.2. The van der Waals surface area contributed by atoms with Gasteiger partial charge in [0.1, 0.15) is 11.0 Å². The Hall–Kier alpha value is -3.11. The predicted octanol–water partition coefficient (Wildman–Crippen LogP) is 5.16. The second-order valence-corrected chi connectivity index (χ2v) is 14.0. The Morgan fingerprint density at radius 3 is 2.81 bits per heavy atom. The molecule has 2 aliphatic heterocycles. The number of ketones is 1. The molecule has 1 N–H and O–H groups in total. The van der Waals surface area contributed by atoms with Crippen LogP contribution < -0.4 is 9.47 Å². The van der Waals surface area contributed by atoms with E-state index in [1.54, 1.807) is 56.1 Å². The third-order valence-corrected chi connectivity index (χ3v) is 12.3. The van der Waals surface area contributed by atoms with Crippen LogP contribution in [0.25, 0.3) is 6.08 Å². The van der Waals surface area contributed by atoms with E-state index >= 15 is 0 Å². The Balaban J connectivity index is 1.26. The van der Waals surface area contributed by atoms with Crippen LogP contribution in [-0.2, 0) is 26.7 Å². The van der Waals surface area contributed by atoms with Crippen LogP contribution in [0.2, 0.25) is 5.02 Å². The number of hydrogen-bond acceptors (Lipinski definition) is 7. The monoisotopic (exact) mass is 609 g/mol. The summed E-state index contributed by atoms with van der Waals surface area (Å²) in [5.41, 5.74) is 0.542. The molecule has 1 spiro atoms. The molecule has 0 radical (unpaired) electrons. The number of furan rings is 1. The predicted molar refractivity (Wildman–Crippen MR) is 156 cm³/mol. The number of nitrogens with zero attached hydrogens (tertiary/aromatic N) is 1. The number of hydrogen-bond donors (Lipinski definition) is 1. The Morgan fingerprint density at radius 2 is 2.05 bits per heavy atom. The van der Waals surface area contributed by atoms with Crippen molar-refractivity contribution in [2.45, 2.75) is 66.6 Å². The number of carbonyl (C=O) groups excluding carboxylic acids is 1. The molecular formula is C32H32ClNO7S. The van der Waals surface area contributed by atoms with E-state index in [1.165, 1.54) is 10.4 Å². The van der Waals surface area contributed by atoms with Gasteiger partial charge in [-0.3, -0.25) is 4.79 Å². The maximum absolute atomic E-state index is 14.0. The van der Waals surface area contributed by atoms with E-state index < -0.39 is 33.2 Å². The van der Waals surface area contributed by atoms with Crippen LogP contribution in [0.3, 0.4) is 0 Å². The maximum atomic E-state index is 14.0. The minimum absolute atomic E-state index is 0.00508. The fourth-order valence-corrected chi connectivity index (χ4v) is 10.3. The van der Waals surface area contributed by atoms with Crippen molar-refractivity contribution >= 4 is 33.5 Å². The van der Waals surface area contributed by atoms with Crippen LogP contribution in [0.1, 0.15) is 48.8 Å². The summed E-state index contributed by atoms with van der Waals surface area (Å²) in [6, 6.07) is 11.4. The number of sulfonamides is 1. The lowest BCUT2D eigenvalue weighted by Crippen LogP contribution is -2.76. The number of piperidine rings is 1. The molecule has 2 fully saturated rings. The highest BCUT2D eigenvalue weighted by Crippen LogP contribution is 2.67. The van der Waals surface area contributed by atoms with Crippen molar-refractivity contribution < 1.29 is 32.2 Å². The number of halogens is 1. The number of methoxy groups -OCH3 is 1. The van der Waals surface area contributed by atoms with E-state index in [0.29, 0.717) is 50.0 Å². The van der Waals surface area contributed by atoms with Crippen molar-refractivity contribution in [2.24, 2.45) is 5.92 Å². The van der Waals surface area contributed by atoms with Crippen LogP contribution in [-0.4, -0.2) is 55.0 Å². The zero-order chi connectivity index (χ0) is 29.3. The number of benzene rings is 2. The maximum Gasteiger partial charge on any atom is 0.244 e. The molecule has 2 aromatic carbocycles. The molecule has 1 aromatic heterocycles. The molecule has 2 aliphatic carbocycles. The van der Waals surface area contributed by atoms with E-state index in [0.717, 1.165) is 16.7 Å². The summed E-state index contributed by atoms with van der Waals surface area (Å²) in [5, 5.41) is 12.9. The average molecular weight is 610 g/mol. The minimum Gasteiger partial charge on any atom is -0.493 e. The molecule has 0 unspecified atom stereocenters. The third-order valence-electron chi connectivity index (χ3n) is 9.93. The first-order valence-corrected chi connectivity index (χ1v) is 16.1. The van der Waals surface area contributed by atoms with Crippen LogP contribution >= 0.6 is 11.6 Å². The summed E-state index contributed by atoms with van der Waals surface area (Å²) in [6.07, 6.45) is 8.70. The molecule has 1 saturated carbocycles. The molecule has 2 bridgehead atoms. The Labute approximate surface area is 249 Å². The van der Waals surface area contributed by atoms with Gasteiger partial charge >= 0.3 is 0 Å². The summed E-state index contributed by atoms with van der Waals surface area (Å²) in [5.74, 6) is 1.23. The van der Waals surface area contributed by atoms with Gasteiger partial charge in [0.25, 0.3) is 0 Å². The number of rotatable bonds is 8. The Kier molecular flexibility index (Phi) is 6.58. The van der Waals surface area contributed by atoms with Crippen LogP contribution in [0.15, 0.2) is 70.4 Å². The summed E-state index contributed by atoms with van der Waals surface area (Å²) < 4.78 is 47.1. The summed E-state index contributed by atoms with van der Waals surface area (Å²) in [7, 11) is -2.40. The topological polar surface area (TPSA) is 106 Å². The standard InChI is InChI=1S/C32H32ClNO7S/c1-39-25-11-8-22-18-27-32(36)14-12-21(7-10-23(35)9-6-20-13-17-40-19-20)30-31(32,28(22)29(25)41-30)15-16-34(27)42(37,38)26-5-3-2-4-24(26)33/h2-6,8-9,11,13,17,19,21,27,30,36H,7,10,12,14-16,18H2,1H3/b9-6+/t21-,27-,30+,31+,32-/m1/s1. The van der Waals surface area contributed by atoms with E-state index in [9.17, 15) is 18.3 Å². The van der Waals surface area contributed by atoms with Gasteiger partial charge in [0.2, 0.25) is 10.0 Å². The second kappa shape index (κ2) is 9.98. The number of aliphatic hydroxyl groups is 1. The molecule has 4 aliphatic rings. The summed E-state index contributed by atoms with van der Waals surface area (Å²) >= 11 is 6.37. The van der Waals surface area contributed by atoms with E-state index in [2.05, 4.69) is 0 Å². The lowest BCUT2D eigenvalue weighted by atomic mass is 9.47. The van der Waals surface area contributed by atoms with Gasteiger partial charge < -0.3 is 19.0 Å². The molecule has 7 rings (SSSR count). The van der Waals surface area contributed by atoms with Crippen molar-refractivity contribution in [3.8, 4) is 11.5 Å². The Bertz CT molecular complexity index is 1690. The normalized spacial score (nSPS) is 29.7. The van der Waals surface area contributed by atoms with Gasteiger partial charge in [-0.05, 0) is 80.0 Å². The number of ether oxygens (including phenoxy) is 2. The Morgan fingerprint density at radius 1 is 1.21 bits per heavy atom. The van der Waals surface area contributed by atoms with Crippen molar-refractivity contribution in [2.75, 3.05) is 13.7 Å². The molecule has 42 heavy (non-hydrogen) atoms. The summed E-state index contributed by atoms with van der Waals surface area (Å²) in [6.45, 7) is 0.218. The van der Waals surface area contributed by atoms with Crippen molar-refractivity contribution in [1.29, 1.82) is 0 Å². The molecule has 0 amide bonds.